The topological polar surface area (TPSA) is 61.4 Å². The fraction of sp³-hybridized carbons (Fsp3) is 0.462. The summed E-state index contributed by atoms with van der Waals surface area (Å²) in [6.07, 6.45) is -5.29. The first-order chi connectivity index (χ1) is 9.21. The maximum absolute atomic E-state index is 12.7. The summed E-state index contributed by atoms with van der Waals surface area (Å²) in [5, 5.41) is 14.0. The third-order valence-corrected chi connectivity index (χ3v) is 2.72. The van der Waals surface area contributed by atoms with E-state index in [1.54, 1.807) is 13.8 Å². The first-order valence-corrected chi connectivity index (χ1v) is 6.11. The number of anilines is 1. The molecule has 0 aliphatic rings. The highest BCUT2D eigenvalue weighted by molar-refractivity contribution is 5.90. The predicted octanol–water partition coefficient (Wildman–Crippen LogP) is 2.84. The molecule has 2 amide bonds. The molecule has 1 atom stereocenters. The van der Waals surface area contributed by atoms with Crippen molar-refractivity contribution >= 4 is 11.7 Å². The molecule has 0 aliphatic carbocycles. The van der Waals surface area contributed by atoms with Gasteiger partial charge >= 0.3 is 12.2 Å². The van der Waals surface area contributed by atoms with E-state index in [1.807, 2.05) is 0 Å². The largest absolute Gasteiger partial charge is 0.418 e. The van der Waals surface area contributed by atoms with Crippen molar-refractivity contribution in [3.05, 3.63) is 29.8 Å². The Kier molecular flexibility index (Phi) is 5.38. The minimum absolute atomic E-state index is 0.0301. The molecule has 112 valence electrons. The molecule has 0 saturated carbocycles. The number of aliphatic hydroxyl groups excluding tert-OH is 1. The predicted molar refractivity (Wildman–Crippen MR) is 69.3 cm³/mol. The van der Waals surface area contributed by atoms with Crippen molar-refractivity contribution in [1.82, 2.24) is 5.32 Å². The second kappa shape index (κ2) is 6.60. The Morgan fingerprint density at radius 3 is 2.45 bits per heavy atom. The fourth-order valence-electron chi connectivity index (χ4n) is 1.44. The number of hydrogen-bond acceptors (Lipinski definition) is 2. The fourth-order valence-corrected chi connectivity index (χ4v) is 1.44. The molecule has 0 saturated heterocycles. The number of nitrogens with one attached hydrogen (secondary N) is 2. The highest BCUT2D eigenvalue weighted by atomic mass is 19.4. The molecule has 1 unspecified atom stereocenters. The van der Waals surface area contributed by atoms with Crippen molar-refractivity contribution in [3.8, 4) is 0 Å². The van der Waals surface area contributed by atoms with Crippen molar-refractivity contribution < 1.29 is 23.1 Å². The summed E-state index contributed by atoms with van der Waals surface area (Å²) < 4.78 is 38.1. The minimum Gasteiger partial charge on any atom is -0.391 e. The van der Waals surface area contributed by atoms with Crippen LogP contribution < -0.4 is 10.6 Å². The van der Waals surface area contributed by atoms with Crippen LogP contribution in [-0.4, -0.2) is 23.8 Å². The monoisotopic (exact) mass is 290 g/mol. The summed E-state index contributed by atoms with van der Waals surface area (Å²) in [6, 6.07) is 3.91. The van der Waals surface area contributed by atoms with E-state index in [-0.39, 0.29) is 18.2 Å². The average Bonchev–Trinajstić information content (AvgIpc) is 2.35. The lowest BCUT2D eigenvalue weighted by atomic mass is 10.1. The summed E-state index contributed by atoms with van der Waals surface area (Å²) >= 11 is 0. The van der Waals surface area contributed by atoms with Crippen LogP contribution in [0.2, 0.25) is 0 Å². The second-order valence-corrected chi connectivity index (χ2v) is 4.69. The normalized spacial score (nSPS) is 13.2. The maximum Gasteiger partial charge on any atom is 0.418 e. The molecular formula is C13H17F3N2O2. The third kappa shape index (κ3) is 4.73. The first kappa shape index (κ1) is 16.3. The third-order valence-electron chi connectivity index (χ3n) is 2.72. The molecule has 1 rings (SSSR count). The molecule has 3 N–H and O–H groups in total. The van der Waals surface area contributed by atoms with Crippen LogP contribution in [0.15, 0.2) is 24.3 Å². The standard InChI is InChI=1S/C13H17F3N2O2/c1-8(2)11(19)7-17-12(20)18-10-6-4-3-5-9(10)13(14,15)16/h3-6,8,11,19H,7H2,1-2H3,(H2,17,18,20). The Hall–Kier alpha value is -1.76. The number of amides is 2. The minimum atomic E-state index is -4.54. The molecule has 0 aliphatic heterocycles. The van der Waals surface area contributed by atoms with Crippen LogP contribution in [0.25, 0.3) is 0 Å². The lowest BCUT2D eigenvalue weighted by Crippen LogP contribution is -2.37. The van der Waals surface area contributed by atoms with E-state index >= 15 is 0 Å². The first-order valence-electron chi connectivity index (χ1n) is 6.11. The number of aliphatic hydroxyl groups is 1. The number of hydrogen-bond donors (Lipinski definition) is 3. The molecule has 0 radical (unpaired) electrons. The molecule has 20 heavy (non-hydrogen) atoms. The van der Waals surface area contributed by atoms with E-state index in [0.29, 0.717) is 0 Å². The number of carbonyl (C=O) groups is 1. The molecular weight excluding hydrogens is 273 g/mol. The molecule has 0 bridgehead atoms. The van der Waals surface area contributed by atoms with Crippen molar-refractivity contribution in [1.29, 1.82) is 0 Å². The lowest BCUT2D eigenvalue weighted by molar-refractivity contribution is -0.136. The number of halogens is 3. The number of rotatable bonds is 4. The van der Waals surface area contributed by atoms with Crippen molar-refractivity contribution in [2.45, 2.75) is 26.1 Å². The molecule has 4 nitrogen and oxygen atoms in total. The lowest BCUT2D eigenvalue weighted by Gasteiger charge is -2.17. The van der Waals surface area contributed by atoms with Crippen LogP contribution in [-0.2, 0) is 6.18 Å². The van der Waals surface area contributed by atoms with E-state index in [2.05, 4.69) is 10.6 Å². The SMILES string of the molecule is CC(C)C(O)CNC(=O)Nc1ccccc1C(F)(F)F. The van der Waals surface area contributed by atoms with E-state index in [1.165, 1.54) is 18.2 Å². The quantitative estimate of drug-likeness (QED) is 0.798. The Balaban J connectivity index is 2.67. The Labute approximate surface area is 115 Å². The van der Waals surface area contributed by atoms with Gasteiger partial charge in [0, 0.05) is 6.54 Å². The van der Waals surface area contributed by atoms with E-state index in [9.17, 15) is 23.1 Å². The van der Waals surface area contributed by atoms with Gasteiger partial charge in [0.25, 0.3) is 0 Å². The van der Waals surface area contributed by atoms with Gasteiger partial charge < -0.3 is 15.7 Å². The van der Waals surface area contributed by atoms with Crippen molar-refractivity contribution in [2.75, 3.05) is 11.9 Å². The Morgan fingerprint density at radius 2 is 1.90 bits per heavy atom. The summed E-state index contributed by atoms with van der Waals surface area (Å²) in [6.45, 7) is 3.50. The second-order valence-electron chi connectivity index (χ2n) is 4.69. The van der Waals surface area contributed by atoms with Gasteiger partial charge in [-0.15, -0.1) is 0 Å². The highest BCUT2D eigenvalue weighted by Crippen LogP contribution is 2.34. The van der Waals surface area contributed by atoms with Crippen LogP contribution >= 0.6 is 0 Å². The van der Waals surface area contributed by atoms with Gasteiger partial charge in [0.15, 0.2) is 0 Å². The smallest absolute Gasteiger partial charge is 0.391 e. The van der Waals surface area contributed by atoms with Gasteiger partial charge in [0.1, 0.15) is 0 Å². The zero-order chi connectivity index (χ0) is 15.3. The van der Waals surface area contributed by atoms with Gasteiger partial charge in [0.2, 0.25) is 0 Å². The maximum atomic E-state index is 12.7. The van der Waals surface area contributed by atoms with Crippen LogP contribution in [0.3, 0.4) is 0 Å². The molecule has 0 aromatic heterocycles. The van der Waals surface area contributed by atoms with Crippen molar-refractivity contribution in [2.24, 2.45) is 5.92 Å². The Morgan fingerprint density at radius 1 is 1.30 bits per heavy atom. The molecule has 1 aromatic rings. The number of urea groups is 1. The van der Waals surface area contributed by atoms with Gasteiger partial charge in [-0.3, -0.25) is 0 Å². The van der Waals surface area contributed by atoms with E-state index in [0.717, 1.165) is 6.07 Å². The van der Waals surface area contributed by atoms with Gasteiger partial charge in [-0.05, 0) is 18.1 Å². The molecule has 7 heteroatoms. The summed E-state index contributed by atoms with van der Waals surface area (Å²) in [5.74, 6) is -0.0576. The van der Waals surface area contributed by atoms with Gasteiger partial charge in [-0.2, -0.15) is 13.2 Å². The molecule has 1 aromatic carbocycles. The van der Waals surface area contributed by atoms with Gasteiger partial charge in [-0.1, -0.05) is 26.0 Å². The Bertz CT molecular complexity index is 461. The number of carbonyl (C=O) groups excluding carboxylic acids is 1. The van der Waals surface area contributed by atoms with Crippen LogP contribution in [0, 0.1) is 5.92 Å². The number of alkyl halides is 3. The highest BCUT2D eigenvalue weighted by Gasteiger charge is 2.33. The van der Waals surface area contributed by atoms with E-state index < -0.39 is 23.9 Å². The zero-order valence-electron chi connectivity index (χ0n) is 11.2. The summed E-state index contributed by atoms with van der Waals surface area (Å²) in [7, 11) is 0. The average molecular weight is 290 g/mol. The summed E-state index contributed by atoms with van der Waals surface area (Å²) in [5.41, 5.74) is -1.24. The van der Waals surface area contributed by atoms with Crippen LogP contribution in [0.5, 0.6) is 0 Å². The van der Waals surface area contributed by atoms with Gasteiger partial charge in [0.05, 0.1) is 17.4 Å². The number of benzene rings is 1. The summed E-state index contributed by atoms with van der Waals surface area (Å²) in [4.78, 5) is 11.5. The van der Waals surface area contributed by atoms with E-state index in [4.69, 9.17) is 0 Å². The number of para-hydroxylation sites is 1. The van der Waals surface area contributed by atoms with Crippen LogP contribution in [0.1, 0.15) is 19.4 Å². The van der Waals surface area contributed by atoms with Crippen LogP contribution in [0.4, 0.5) is 23.7 Å². The zero-order valence-corrected chi connectivity index (χ0v) is 11.2. The molecule has 0 spiro atoms. The molecule has 0 fully saturated rings. The van der Waals surface area contributed by atoms with Crippen molar-refractivity contribution in [3.63, 3.8) is 0 Å². The molecule has 0 heterocycles. The van der Waals surface area contributed by atoms with Gasteiger partial charge in [-0.25, -0.2) is 4.79 Å².